The summed E-state index contributed by atoms with van der Waals surface area (Å²) in [6.07, 6.45) is -0.0293. The van der Waals surface area contributed by atoms with Crippen molar-refractivity contribution in [2.75, 3.05) is 26.2 Å². The molecule has 1 aromatic carbocycles. The first kappa shape index (κ1) is 18.2. The van der Waals surface area contributed by atoms with Crippen LogP contribution >= 0.6 is 23.2 Å². The summed E-state index contributed by atoms with van der Waals surface area (Å²) in [5.74, 6) is -0.980. The Morgan fingerprint density at radius 2 is 2.13 bits per heavy atom. The zero-order chi connectivity index (χ0) is 16.8. The number of carbonyl (C=O) groups excluding carboxylic acids is 2. The Kier molecular flexibility index (Phi) is 6.84. The Labute approximate surface area is 145 Å². The maximum Gasteiger partial charge on any atom is 0.287 e. The summed E-state index contributed by atoms with van der Waals surface area (Å²) in [7, 11) is 0. The molecule has 0 unspecified atom stereocenters. The molecule has 0 saturated carbocycles. The molecule has 1 aromatic rings. The molecular weight excluding hydrogens is 339 g/mol. The standard InChI is InChI=1S/C16H20Cl2N2O3/c1-2-14(21)16(22)20-9-11-8-19-5-6-23-15(11)10-3-4-12(17)13(18)7-10/h3-4,7,11,15,19H,2,5-6,8-9H2,1H3,(H,20,22)/t11-,15-/m0/s1. The second-order valence-electron chi connectivity index (χ2n) is 5.42. The molecule has 0 radical (unpaired) electrons. The predicted molar refractivity (Wildman–Crippen MR) is 89.8 cm³/mol. The number of carbonyl (C=O) groups is 2. The van der Waals surface area contributed by atoms with E-state index in [1.54, 1.807) is 19.1 Å². The first-order chi connectivity index (χ1) is 11.0. The maximum atomic E-state index is 11.7. The molecule has 23 heavy (non-hydrogen) atoms. The largest absolute Gasteiger partial charge is 0.372 e. The minimum Gasteiger partial charge on any atom is -0.372 e. The van der Waals surface area contributed by atoms with Crippen LogP contribution in [0.3, 0.4) is 0 Å². The molecular formula is C16H20Cl2N2O3. The second kappa shape index (κ2) is 8.64. The van der Waals surface area contributed by atoms with Crippen LogP contribution in [0.4, 0.5) is 0 Å². The summed E-state index contributed by atoms with van der Waals surface area (Å²) in [5, 5.41) is 6.91. The highest BCUT2D eigenvalue weighted by Crippen LogP contribution is 2.31. The smallest absolute Gasteiger partial charge is 0.287 e. The lowest BCUT2D eigenvalue weighted by atomic mass is 9.95. The minimum atomic E-state index is -0.551. The zero-order valence-corrected chi connectivity index (χ0v) is 14.4. The SMILES string of the molecule is CCC(=O)C(=O)NC[C@@H]1CNCCO[C@H]1c1ccc(Cl)c(Cl)c1. The molecule has 1 aliphatic heterocycles. The predicted octanol–water partition coefficient (Wildman–Crippen LogP) is 2.37. The molecule has 0 bridgehead atoms. The Hall–Kier alpha value is -1.14. The van der Waals surface area contributed by atoms with E-state index in [4.69, 9.17) is 27.9 Å². The van der Waals surface area contributed by atoms with Crippen molar-refractivity contribution >= 4 is 34.9 Å². The van der Waals surface area contributed by atoms with Gasteiger partial charge in [-0.3, -0.25) is 9.59 Å². The summed E-state index contributed by atoms with van der Waals surface area (Å²) in [5.41, 5.74) is 0.907. The molecule has 7 heteroatoms. The first-order valence-electron chi connectivity index (χ1n) is 7.61. The molecule has 1 amide bonds. The fraction of sp³-hybridized carbons (Fsp3) is 0.500. The van der Waals surface area contributed by atoms with Crippen LogP contribution in [0, 0.1) is 5.92 Å². The molecule has 1 aliphatic rings. The van der Waals surface area contributed by atoms with Crippen LogP contribution in [0.1, 0.15) is 25.0 Å². The molecule has 2 rings (SSSR count). The van der Waals surface area contributed by atoms with Crippen molar-refractivity contribution in [1.82, 2.24) is 10.6 Å². The van der Waals surface area contributed by atoms with Crippen LogP contribution in [0.5, 0.6) is 0 Å². The van der Waals surface area contributed by atoms with Crippen LogP contribution in [-0.2, 0) is 14.3 Å². The van der Waals surface area contributed by atoms with E-state index < -0.39 is 11.7 Å². The zero-order valence-electron chi connectivity index (χ0n) is 12.9. The van der Waals surface area contributed by atoms with Gasteiger partial charge in [0.15, 0.2) is 0 Å². The van der Waals surface area contributed by atoms with Gasteiger partial charge in [0.2, 0.25) is 5.78 Å². The number of nitrogens with one attached hydrogen (secondary N) is 2. The Balaban J connectivity index is 2.11. The highest BCUT2D eigenvalue weighted by molar-refractivity contribution is 6.42. The summed E-state index contributed by atoms with van der Waals surface area (Å²) >= 11 is 12.1. The molecule has 1 saturated heterocycles. The topological polar surface area (TPSA) is 67.4 Å². The van der Waals surface area contributed by atoms with Gasteiger partial charge in [-0.1, -0.05) is 36.2 Å². The van der Waals surface area contributed by atoms with Gasteiger partial charge in [0, 0.05) is 32.0 Å². The number of amides is 1. The van der Waals surface area contributed by atoms with Gasteiger partial charge >= 0.3 is 0 Å². The van der Waals surface area contributed by atoms with Gasteiger partial charge in [-0.15, -0.1) is 0 Å². The normalized spacial score (nSPS) is 21.5. The minimum absolute atomic E-state index is 0.0108. The lowest BCUT2D eigenvalue weighted by molar-refractivity contribution is -0.138. The van der Waals surface area contributed by atoms with Gasteiger partial charge in [0.05, 0.1) is 22.8 Å². The number of Topliss-reactive ketones (excluding diaryl/α,β-unsaturated/α-hetero) is 1. The molecule has 0 aromatic heterocycles. The highest BCUT2D eigenvalue weighted by Gasteiger charge is 2.27. The molecule has 126 valence electrons. The van der Waals surface area contributed by atoms with E-state index in [0.717, 1.165) is 12.1 Å². The number of hydrogen-bond acceptors (Lipinski definition) is 4. The van der Waals surface area contributed by atoms with Gasteiger partial charge in [0.1, 0.15) is 0 Å². The van der Waals surface area contributed by atoms with Crippen LogP contribution in [0.2, 0.25) is 10.0 Å². The Morgan fingerprint density at radius 1 is 1.35 bits per heavy atom. The van der Waals surface area contributed by atoms with Crippen molar-refractivity contribution in [2.45, 2.75) is 19.4 Å². The van der Waals surface area contributed by atoms with Crippen LogP contribution < -0.4 is 10.6 Å². The lowest BCUT2D eigenvalue weighted by Gasteiger charge is -2.25. The molecule has 0 spiro atoms. The number of hydrogen-bond donors (Lipinski definition) is 2. The van der Waals surface area contributed by atoms with Crippen LogP contribution in [0.15, 0.2) is 18.2 Å². The van der Waals surface area contributed by atoms with Crippen LogP contribution in [-0.4, -0.2) is 37.9 Å². The fourth-order valence-corrected chi connectivity index (χ4v) is 2.82. The van der Waals surface area contributed by atoms with Crippen molar-refractivity contribution in [1.29, 1.82) is 0 Å². The molecule has 2 atom stereocenters. The average Bonchev–Trinajstić information content (AvgIpc) is 2.79. The maximum absolute atomic E-state index is 11.7. The van der Waals surface area contributed by atoms with E-state index in [0.29, 0.717) is 29.7 Å². The van der Waals surface area contributed by atoms with Crippen molar-refractivity contribution in [3.05, 3.63) is 33.8 Å². The van der Waals surface area contributed by atoms with Crippen molar-refractivity contribution < 1.29 is 14.3 Å². The van der Waals surface area contributed by atoms with Crippen LogP contribution in [0.25, 0.3) is 0 Å². The summed E-state index contributed by atoms with van der Waals surface area (Å²) in [4.78, 5) is 23.1. The van der Waals surface area contributed by atoms with Gasteiger partial charge < -0.3 is 15.4 Å². The summed E-state index contributed by atoms with van der Waals surface area (Å²) in [6.45, 7) is 3.98. The summed E-state index contributed by atoms with van der Waals surface area (Å²) < 4.78 is 5.92. The van der Waals surface area contributed by atoms with E-state index in [2.05, 4.69) is 10.6 Å². The molecule has 0 aliphatic carbocycles. The molecule has 1 heterocycles. The van der Waals surface area contributed by atoms with E-state index in [1.807, 2.05) is 6.07 Å². The second-order valence-corrected chi connectivity index (χ2v) is 6.23. The monoisotopic (exact) mass is 358 g/mol. The van der Waals surface area contributed by atoms with Gasteiger partial charge in [-0.2, -0.15) is 0 Å². The average molecular weight is 359 g/mol. The van der Waals surface area contributed by atoms with E-state index >= 15 is 0 Å². The summed E-state index contributed by atoms with van der Waals surface area (Å²) in [6, 6.07) is 5.39. The van der Waals surface area contributed by atoms with Crippen molar-refractivity contribution in [2.24, 2.45) is 5.92 Å². The quantitative estimate of drug-likeness (QED) is 0.793. The van der Waals surface area contributed by atoms with E-state index in [-0.39, 0.29) is 18.4 Å². The lowest BCUT2D eigenvalue weighted by Crippen LogP contribution is -2.39. The van der Waals surface area contributed by atoms with Gasteiger partial charge in [0.25, 0.3) is 5.91 Å². The fourth-order valence-electron chi connectivity index (χ4n) is 2.51. The molecule has 1 fully saturated rings. The number of ether oxygens (including phenoxy) is 1. The van der Waals surface area contributed by atoms with Crippen molar-refractivity contribution in [3.8, 4) is 0 Å². The number of ketones is 1. The highest BCUT2D eigenvalue weighted by atomic mass is 35.5. The third-order valence-corrected chi connectivity index (χ3v) is 4.52. The van der Waals surface area contributed by atoms with Crippen molar-refractivity contribution in [3.63, 3.8) is 0 Å². The first-order valence-corrected chi connectivity index (χ1v) is 8.36. The number of rotatable bonds is 5. The Morgan fingerprint density at radius 3 is 2.83 bits per heavy atom. The van der Waals surface area contributed by atoms with E-state index in [1.165, 1.54) is 0 Å². The number of halogens is 2. The molecule has 2 N–H and O–H groups in total. The third kappa shape index (κ3) is 4.91. The number of benzene rings is 1. The van der Waals surface area contributed by atoms with Gasteiger partial charge in [-0.05, 0) is 17.7 Å². The van der Waals surface area contributed by atoms with E-state index in [9.17, 15) is 9.59 Å². The third-order valence-electron chi connectivity index (χ3n) is 3.78. The molecule has 5 nitrogen and oxygen atoms in total. The van der Waals surface area contributed by atoms with Gasteiger partial charge in [-0.25, -0.2) is 0 Å². The Bertz CT molecular complexity index is 580.